The van der Waals surface area contributed by atoms with E-state index in [2.05, 4.69) is 5.32 Å². The first-order valence-corrected chi connectivity index (χ1v) is 6.40. The van der Waals surface area contributed by atoms with Gasteiger partial charge in [0, 0.05) is 0 Å². The second-order valence-electron chi connectivity index (χ2n) is 4.52. The third-order valence-electron chi connectivity index (χ3n) is 3.20. The van der Waals surface area contributed by atoms with Crippen molar-refractivity contribution in [2.45, 2.75) is 13.8 Å². The van der Waals surface area contributed by atoms with E-state index in [1.807, 2.05) is 19.9 Å². The topological polar surface area (TPSA) is 55.1 Å². The number of anilines is 2. The van der Waals surface area contributed by atoms with Crippen LogP contribution >= 0.6 is 11.6 Å². The zero-order valence-electron chi connectivity index (χ0n) is 11.1. The van der Waals surface area contributed by atoms with Gasteiger partial charge in [0.05, 0.1) is 22.0 Å². The molecule has 0 radical (unpaired) electrons. The van der Waals surface area contributed by atoms with Gasteiger partial charge in [0.25, 0.3) is 5.91 Å². The summed E-state index contributed by atoms with van der Waals surface area (Å²) in [4.78, 5) is 12.2. The predicted molar refractivity (Wildman–Crippen MR) is 79.7 cm³/mol. The van der Waals surface area contributed by atoms with Crippen molar-refractivity contribution in [3.63, 3.8) is 0 Å². The SMILES string of the molecule is Cc1ccc(N)c(NC(=O)c2c(F)cccc2Cl)c1C. The number of carbonyl (C=O) groups excluding carboxylic acids is 1. The largest absolute Gasteiger partial charge is 0.397 e. The smallest absolute Gasteiger partial charge is 0.260 e. The Bertz CT molecular complexity index is 666. The van der Waals surface area contributed by atoms with Gasteiger partial charge in [-0.2, -0.15) is 0 Å². The maximum Gasteiger partial charge on any atom is 0.260 e. The van der Waals surface area contributed by atoms with Crippen LogP contribution in [0, 0.1) is 19.7 Å². The van der Waals surface area contributed by atoms with Crippen molar-refractivity contribution in [2.24, 2.45) is 0 Å². The lowest BCUT2D eigenvalue weighted by molar-refractivity contribution is 0.102. The average molecular weight is 293 g/mol. The Morgan fingerprint density at radius 2 is 1.95 bits per heavy atom. The van der Waals surface area contributed by atoms with E-state index in [1.54, 1.807) is 6.07 Å². The summed E-state index contributed by atoms with van der Waals surface area (Å²) in [6.45, 7) is 3.74. The number of hydrogen-bond acceptors (Lipinski definition) is 2. The predicted octanol–water partition coefficient (Wildman–Crippen LogP) is 3.93. The molecule has 0 spiro atoms. The molecule has 2 rings (SSSR count). The minimum absolute atomic E-state index is 0.0615. The van der Waals surface area contributed by atoms with E-state index in [-0.39, 0.29) is 10.6 Å². The van der Waals surface area contributed by atoms with Crippen LogP contribution in [0.15, 0.2) is 30.3 Å². The highest BCUT2D eigenvalue weighted by Gasteiger charge is 2.17. The Labute approximate surface area is 121 Å². The molecule has 0 saturated heterocycles. The van der Waals surface area contributed by atoms with Gasteiger partial charge in [0.1, 0.15) is 5.82 Å². The van der Waals surface area contributed by atoms with E-state index in [1.165, 1.54) is 18.2 Å². The standard InChI is InChI=1S/C15H14ClFN2O/c1-8-6-7-12(18)14(9(8)2)19-15(20)13-10(16)4-3-5-11(13)17/h3-7H,18H2,1-2H3,(H,19,20). The summed E-state index contributed by atoms with van der Waals surface area (Å²) in [5, 5.41) is 2.69. The number of rotatable bonds is 2. The fourth-order valence-corrected chi connectivity index (χ4v) is 2.14. The molecule has 0 aliphatic heterocycles. The molecule has 2 aromatic carbocycles. The zero-order chi connectivity index (χ0) is 14.9. The second kappa shape index (κ2) is 5.51. The molecule has 0 saturated carbocycles. The molecule has 104 valence electrons. The molecule has 1 amide bonds. The highest BCUT2D eigenvalue weighted by molar-refractivity contribution is 6.34. The fraction of sp³-hybridized carbons (Fsp3) is 0.133. The van der Waals surface area contributed by atoms with Gasteiger partial charge < -0.3 is 11.1 Å². The lowest BCUT2D eigenvalue weighted by Crippen LogP contribution is -2.16. The van der Waals surface area contributed by atoms with E-state index in [4.69, 9.17) is 17.3 Å². The number of hydrogen-bond donors (Lipinski definition) is 2. The Morgan fingerprint density at radius 3 is 2.60 bits per heavy atom. The molecule has 3 N–H and O–H groups in total. The number of halogens is 2. The van der Waals surface area contributed by atoms with Crippen LogP contribution in [0.1, 0.15) is 21.5 Å². The van der Waals surface area contributed by atoms with Crippen LogP contribution in [0.3, 0.4) is 0 Å². The van der Waals surface area contributed by atoms with Gasteiger partial charge in [0.2, 0.25) is 0 Å². The van der Waals surface area contributed by atoms with E-state index < -0.39 is 11.7 Å². The lowest BCUT2D eigenvalue weighted by atomic mass is 10.1. The van der Waals surface area contributed by atoms with E-state index in [0.717, 1.165) is 11.1 Å². The number of amides is 1. The maximum atomic E-state index is 13.7. The van der Waals surface area contributed by atoms with Gasteiger partial charge in [-0.3, -0.25) is 4.79 Å². The van der Waals surface area contributed by atoms with Crippen molar-refractivity contribution in [3.8, 4) is 0 Å². The fourth-order valence-electron chi connectivity index (χ4n) is 1.89. The number of carbonyl (C=O) groups is 1. The molecule has 2 aromatic rings. The molecule has 0 heterocycles. The molecular formula is C15H14ClFN2O. The van der Waals surface area contributed by atoms with Gasteiger partial charge >= 0.3 is 0 Å². The Kier molecular flexibility index (Phi) is 3.95. The van der Waals surface area contributed by atoms with Crippen LogP contribution in [0.5, 0.6) is 0 Å². The molecule has 0 bridgehead atoms. The second-order valence-corrected chi connectivity index (χ2v) is 4.93. The highest BCUT2D eigenvalue weighted by atomic mass is 35.5. The van der Waals surface area contributed by atoms with Gasteiger partial charge in [0.15, 0.2) is 0 Å². The minimum atomic E-state index is -0.668. The van der Waals surface area contributed by atoms with Crippen molar-refractivity contribution < 1.29 is 9.18 Å². The summed E-state index contributed by atoms with van der Waals surface area (Å²) in [7, 11) is 0. The van der Waals surface area contributed by atoms with Gasteiger partial charge in [-0.25, -0.2) is 4.39 Å². The van der Waals surface area contributed by atoms with Crippen LogP contribution in [0.4, 0.5) is 15.8 Å². The molecule has 0 atom stereocenters. The first-order valence-electron chi connectivity index (χ1n) is 6.03. The molecule has 0 aliphatic carbocycles. The van der Waals surface area contributed by atoms with Crippen LogP contribution in [-0.2, 0) is 0 Å². The summed E-state index contributed by atoms with van der Waals surface area (Å²) < 4.78 is 13.7. The molecule has 3 nitrogen and oxygen atoms in total. The van der Waals surface area contributed by atoms with Crippen LogP contribution in [0.25, 0.3) is 0 Å². The first kappa shape index (κ1) is 14.3. The Hall–Kier alpha value is -2.07. The molecule has 0 aromatic heterocycles. The van der Waals surface area contributed by atoms with E-state index in [0.29, 0.717) is 11.4 Å². The highest BCUT2D eigenvalue weighted by Crippen LogP contribution is 2.27. The molecule has 0 fully saturated rings. The third kappa shape index (κ3) is 2.60. The minimum Gasteiger partial charge on any atom is -0.397 e. The van der Waals surface area contributed by atoms with Crippen molar-refractivity contribution in [3.05, 3.63) is 57.9 Å². The number of nitrogens with one attached hydrogen (secondary N) is 1. The monoisotopic (exact) mass is 292 g/mol. The molecule has 20 heavy (non-hydrogen) atoms. The van der Waals surface area contributed by atoms with Crippen molar-refractivity contribution in [1.29, 1.82) is 0 Å². The summed E-state index contributed by atoms with van der Waals surface area (Å²) >= 11 is 5.87. The molecule has 5 heteroatoms. The quantitative estimate of drug-likeness (QED) is 0.824. The van der Waals surface area contributed by atoms with Gasteiger partial charge in [-0.1, -0.05) is 23.7 Å². The Morgan fingerprint density at radius 1 is 1.25 bits per heavy atom. The summed E-state index contributed by atoms with van der Waals surface area (Å²) in [5.41, 5.74) is 8.39. The summed E-state index contributed by atoms with van der Waals surface area (Å²) in [5.74, 6) is -1.28. The van der Waals surface area contributed by atoms with Gasteiger partial charge in [-0.15, -0.1) is 0 Å². The van der Waals surface area contributed by atoms with Crippen LogP contribution < -0.4 is 11.1 Å². The van der Waals surface area contributed by atoms with Crippen molar-refractivity contribution in [1.82, 2.24) is 0 Å². The molecular weight excluding hydrogens is 279 g/mol. The van der Waals surface area contributed by atoms with Gasteiger partial charge in [-0.05, 0) is 43.2 Å². The zero-order valence-corrected chi connectivity index (χ0v) is 11.9. The van der Waals surface area contributed by atoms with Crippen molar-refractivity contribution >= 4 is 28.9 Å². The summed E-state index contributed by atoms with van der Waals surface area (Å²) in [6.07, 6.45) is 0. The molecule has 0 aliphatic rings. The molecule has 0 unspecified atom stereocenters. The first-order chi connectivity index (χ1) is 9.41. The van der Waals surface area contributed by atoms with Crippen LogP contribution in [-0.4, -0.2) is 5.91 Å². The summed E-state index contributed by atoms with van der Waals surface area (Å²) in [6, 6.07) is 7.65. The Balaban J connectivity index is 2.41. The number of nitrogen functional groups attached to an aromatic ring is 1. The van der Waals surface area contributed by atoms with Crippen molar-refractivity contribution in [2.75, 3.05) is 11.1 Å². The third-order valence-corrected chi connectivity index (χ3v) is 3.51. The maximum absolute atomic E-state index is 13.7. The number of nitrogens with two attached hydrogens (primary N) is 1. The normalized spacial score (nSPS) is 10.4. The number of aryl methyl sites for hydroxylation is 1. The number of benzene rings is 2. The van der Waals surface area contributed by atoms with E-state index in [9.17, 15) is 9.18 Å². The average Bonchev–Trinajstić information content (AvgIpc) is 2.39. The van der Waals surface area contributed by atoms with Crippen LogP contribution in [0.2, 0.25) is 5.02 Å². The van der Waals surface area contributed by atoms with E-state index >= 15 is 0 Å². The lowest BCUT2D eigenvalue weighted by Gasteiger charge is -2.14.